The minimum absolute atomic E-state index is 0.154. The fraction of sp³-hybridized carbons (Fsp3) is 0.154. The van der Waals surface area contributed by atoms with Crippen molar-refractivity contribution in [1.82, 2.24) is 20.1 Å². The van der Waals surface area contributed by atoms with Crippen molar-refractivity contribution in [3.05, 3.63) is 61.2 Å². The number of benzene rings is 1. The van der Waals surface area contributed by atoms with Gasteiger partial charge in [0.05, 0.1) is 12.6 Å². The first-order valence-corrected chi connectivity index (χ1v) is 5.60. The fourth-order valence-corrected chi connectivity index (χ4v) is 1.66. The van der Waals surface area contributed by atoms with Gasteiger partial charge in [-0.2, -0.15) is 5.10 Å². The maximum Gasteiger partial charge on any atom is 0.243 e. The van der Waals surface area contributed by atoms with E-state index >= 15 is 0 Å². The monoisotopic (exact) mass is 242 g/mol. The average Bonchev–Trinajstić information content (AvgIpc) is 2.92. The summed E-state index contributed by atoms with van der Waals surface area (Å²) in [7, 11) is 0. The molecule has 2 aromatic rings. The normalized spacial score (nSPS) is 11.8. The van der Waals surface area contributed by atoms with Gasteiger partial charge in [0.15, 0.2) is 0 Å². The molecule has 5 heteroatoms. The Morgan fingerprint density at radius 3 is 2.83 bits per heavy atom. The van der Waals surface area contributed by atoms with Crippen LogP contribution in [0.1, 0.15) is 11.6 Å². The van der Waals surface area contributed by atoms with E-state index in [9.17, 15) is 4.79 Å². The average molecular weight is 242 g/mol. The number of hydrogen-bond donors (Lipinski definition) is 1. The zero-order chi connectivity index (χ0) is 12.8. The van der Waals surface area contributed by atoms with E-state index in [1.54, 1.807) is 11.0 Å². The molecule has 0 bridgehead atoms. The van der Waals surface area contributed by atoms with Crippen LogP contribution < -0.4 is 5.32 Å². The summed E-state index contributed by atoms with van der Waals surface area (Å²) >= 11 is 0. The summed E-state index contributed by atoms with van der Waals surface area (Å²) in [4.78, 5) is 15.3. The molecule has 92 valence electrons. The molecule has 5 nitrogen and oxygen atoms in total. The number of rotatable bonds is 5. The molecule has 1 heterocycles. The first kappa shape index (κ1) is 12.0. The van der Waals surface area contributed by atoms with Gasteiger partial charge in [-0.3, -0.25) is 9.48 Å². The maximum atomic E-state index is 11.4. The maximum absolute atomic E-state index is 11.4. The van der Waals surface area contributed by atoms with Crippen molar-refractivity contribution in [1.29, 1.82) is 0 Å². The van der Waals surface area contributed by atoms with Gasteiger partial charge in [-0.15, -0.1) is 0 Å². The Bertz CT molecular complexity index is 507. The first-order chi connectivity index (χ1) is 8.79. The largest absolute Gasteiger partial charge is 0.344 e. The number of aromatic nitrogens is 3. The van der Waals surface area contributed by atoms with Crippen molar-refractivity contribution in [2.45, 2.75) is 12.6 Å². The molecule has 0 radical (unpaired) electrons. The van der Waals surface area contributed by atoms with Crippen LogP contribution in [-0.2, 0) is 11.3 Å². The predicted molar refractivity (Wildman–Crippen MR) is 67.5 cm³/mol. The minimum Gasteiger partial charge on any atom is -0.344 e. The molecule has 1 aromatic carbocycles. The zero-order valence-electron chi connectivity index (χ0n) is 9.86. The van der Waals surface area contributed by atoms with Crippen molar-refractivity contribution < 1.29 is 4.79 Å². The molecule has 0 saturated heterocycles. The Morgan fingerprint density at radius 2 is 2.22 bits per heavy atom. The summed E-state index contributed by atoms with van der Waals surface area (Å²) in [5.41, 5.74) is 1.02. The first-order valence-electron chi connectivity index (χ1n) is 5.60. The Hall–Kier alpha value is -2.43. The van der Waals surface area contributed by atoms with Crippen molar-refractivity contribution in [3.8, 4) is 0 Å². The van der Waals surface area contributed by atoms with Gasteiger partial charge in [0.25, 0.3) is 0 Å². The summed E-state index contributed by atoms with van der Waals surface area (Å²) in [6.45, 7) is 3.99. The number of hydrogen-bond acceptors (Lipinski definition) is 3. The molecule has 1 aromatic heterocycles. The van der Waals surface area contributed by atoms with E-state index in [1.807, 2.05) is 30.3 Å². The Balaban J connectivity index is 2.17. The van der Waals surface area contributed by atoms with E-state index in [-0.39, 0.29) is 11.9 Å². The van der Waals surface area contributed by atoms with E-state index in [0.29, 0.717) is 6.54 Å². The van der Waals surface area contributed by atoms with Crippen LogP contribution in [0, 0.1) is 0 Å². The van der Waals surface area contributed by atoms with E-state index < -0.39 is 0 Å². The minimum atomic E-state index is -0.205. The van der Waals surface area contributed by atoms with Gasteiger partial charge < -0.3 is 5.32 Å². The lowest BCUT2D eigenvalue weighted by Gasteiger charge is -2.18. The highest BCUT2D eigenvalue weighted by Crippen LogP contribution is 2.14. The molecule has 18 heavy (non-hydrogen) atoms. The lowest BCUT2D eigenvalue weighted by molar-refractivity contribution is -0.117. The highest BCUT2D eigenvalue weighted by molar-refractivity contribution is 5.87. The van der Waals surface area contributed by atoms with Gasteiger partial charge in [-0.1, -0.05) is 36.9 Å². The van der Waals surface area contributed by atoms with Crippen LogP contribution in [0.15, 0.2) is 55.6 Å². The SMILES string of the molecule is C=CC(=O)NC(Cn1cncn1)c1ccccc1. The topological polar surface area (TPSA) is 59.8 Å². The number of nitrogens with one attached hydrogen (secondary N) is 1. The number of nitrogens with zero attached hydrogens (tertiary/aromatic N) is 3. The van der Waals surface area contributed by atoms with E-state index in [1.165, 1.54) is 12.4 Å². The third kappa shape index (κ3) is 3.04. The van der Waals surface area contributed by atoms with Gasteiger partial charge in [0, 0.05) is 0 Å². The lowest BCUT2D eigenvalue weighted by Crippen LogP contribution is -2.30. The quantitative estimate of drug-likeness (QED) is 0.804. The molecule has 1 atom stereocenters. The second-order valence-corrected chi connectivity index (χ2v) is 3.79. The molecular weight excluding hydrogens is 228 g/mol. The second-order valence-electron chi connectivity index (χ2n) is 3.79. The van der Waals surface area contributed by atoms with E-state index in [4.69, 9.17) is 0 Å². The summed E-state index contributed by atoms with van der Waals surface area (Å²) in [6, 6.07) is 9.58. The summed E-state index contributed by atoms with van der Waals surface area (Å²) < 4.78 is 1.68. The van der Waals surface area contributed by atoms with Crippen LogP contribution in [0.4, 0.5) is 0 Å². The molecule has 1 unspecified atom stereocenters. The standard InChI is InChI=1S/C13H14N4O/c1-2-13(18)16-12(8-17-10-14-9-15-17)11-6-4-3-5-7-11/h2-7,9-10,12H,1,8H2,(H,16,18). The Kier molecular flexibility index (Phi) is 3.86. The molecule has 0 fully saturated rings. The Labute approximate surface area is 105 Å². The summed E-state index contributed by atoms with van der Waals surface area (Å²) in [5, 5.41) is 6.92. The lowest BCUT2D eigenvalue weighted by atomic mass is 10.1. The number of carbonyl (C=O) groups excluding carboxylic acids is 1. The molecule has 1 N–H and O–H groups in total. The van der Waals surface area contributed by atoms with Crippen LogP contribution >= 0.6 is 0 Å². The smallest absolute Gasteiger partial charge is 0.243 e. The van der Waals surface area contributed by atoms with Crippen molar-refractivity contribution in [3.63, 3.8) is 0 Å². The third-order valence-corrected chi connectivity index (χ3v) is 2.54. The highest BCUT2D eigenvalue weighted by atomic mass is 16.1. The molecule has 0 saturated carbocycles. The third-order valence-electron chi connectivity index (χ3n) is 2.54. The van der Waals surface area contributed by atoms with Crippen LogP contribution in [0.5, 0.6) is 0 Å². The molecule has 2 rings (SSSR count). The van der Waals surface area contributed by atoms with Gasteiger partial charge in [0.1, 0.15) is 12.7 Å². The van der Waals surface area contributed by atoms with Crippen molar-refractivity contribution >= 4 is 5.91 Å². The van der Waals surface area contributed by atoms with Gasteiger partial charge in [0.2, 0.25) is 5.91 Å². The Morgan fingerprint density at radius 1 is 1.44 bits per heavy atom. The van der Waals surface area contributed by atoms with Crippen LogP contribution in [0.25, 0.3) is 0 Å². The van der Waals surface area contributed by atoms with Gasteiger partial charge in [-0.25, -0.2) is 4.98 Å². The van der Waals surface area contributed by atoms with E-state index in [0.717, 1.165) is 5.56 Å². The van der Waals surface area contributed by atoms with Crippen LogP contribution in [0.3, 0.4) is 0 Å². The predicted octanol–water partition coefficient (Wildman–Crippen LogP) is 1.32. The van der Waals surface area contributed by atoms with Crippen molar-refractivity contribution in [2.75, 3.05) is 0 Å². The molecule has 0 spiro atoms. The molecule has 0 aliphatic carbocycles. The summed E-state index contributed by atoms with van der Waals surface area (Å²) in [6.07, 6.45) is 4.35. The summed E-state index contributed by atoms with van der Waals surface area (Å²) in [5.74, 6) is -0.205. The van der Waals surface area contributed by atoms with Crippen LogP contribution in [0.2, 0.25) is 0 Å². The highest BCUT2D eigenvalue weighted by Gasteiger charge is 2.13. The van der Waals surface area contributed by atoms with Crippen molar-refractivity contribution in [2.24, 2.45) is 0 Å². The fourth-order valence-electron chi connectivity index (χ4n) is 1.66. The molecule has 0 aliphatic heterocycles. The van der Waals surface area contributed by atoms with Gasteiger partial charge >= 0.3 is 0 Å². The zero-order valence-corrected chi connectivity index (χ0v) is 9.86. The molecule has 1 amide bonds. The van der Waals surface area contributed by atoms with Gasteiger partial charge in [-0.05, 0) is 11.6 Å². The van der Waals surface area contributed by atoms with E-state index in [2.05, 4.69) is 22.0 Å². The van der Waals surface area contributed by atoms with Crippen LogP contribution in [-0.4, -0.2) is 20.7 Å². The second kappa shape index (κ2) is 5.77. The number of carbonyl (C=O) groups is 1. The number of amides is 1. The molecular formula is C13H14N4O. The molecule has 0 aliphatic rings.